The van der Waals surface area contributed by atoms with Crippen molar-refractivity contribution in [2.75, 3.05) is 13.1 Å². The molecule has 0 aromatic carbocycles. The maximum Gasteiger partial charge on any atom is 0.233 e. The van der Waals surface area contributed by atoms with Crippen LogP contribution in [0.15, 0.2) is 0 Å². The summed E-state index contributed by atoms with van der Waals surface area (Å²) in [6.45, 7) is 9.65. The summed E-state index contributed by atoms with van der Waals surface area (Å²) in [7, 11) is 0. The Kier molecular flexibility index (Phi) is 9.14. The number of hydrogen-bond donors (Lipinski definition) is 2. The SMILES string of the molecule is CCCCCCCCNC(=O)CNC(C)(C)C. The molecule has 17 heavy (non-hydrogen) atoms. The Hall–Kier alpha value is -0.570. The second-order valence-electron chi connectivity index (χ2n) is 5.72. The molecule has 0 atom stereocenters. The summed E-state index contributed by atoms with van der Waals surface area (Å²) < 4.78 is 0. The second-order valence-corrected chi connectivity index (χ2v) is 5.72. The Labute approximate surface area is 107 Å². The minimum Gasteiger partial charge on any atom is -0.355 e. The maximum atomic E-state index is 11.5. The molecule has 0 aliphatic carbocycles. The number of unbranched alkanes of at least 4 members (excludes halogenated alkanes) is 5. The monoisotopic (exact) mass is 242 g/mol. The zero-order chi connectivity index (χ0) is 13.1. The van der Waals surface area contributed by atoms with E-state index in [2.05, 4.69) is 38.3 Å². The van der Waals surface area contributed by atoms with E-state index in [9.17, 15) is 4.79 Å². The Morgan fingerprint density at radius 2 is 1.59 bits per heavy atom. The topological polar surface area (TPSA) is 41.1 Å². The zero-order valence-corrected chi connectivity index (χ0v) is 12.1. The van der Waals surface area contributed by atoms with Crippen molar-refractivity contribution in [1.82, 2.24) is 10.6 Å². The number of carbonyl (C=O) groups excluding carboxylic acids is 1. The number of carbonyl (C=O) groups is 1. The van der Waals surface area contributed by atoms with Crippen LogP contribution < -0.4 is 10.6 Å². The molecule has 0 rings (SSSR count). The lowest BCUT2D eigenvalue weighted by Gasteiger charge is -2.19. The summed E-state index contributed by atoms with van der Waals surface area (Å²) >= 11 is 0. The smallest absolute Gasteiger partial charge is 0.233 e. The lowest BCUT2D eigenvalue weighted by molar-refractivity contribution is -0.120. The lowest BCUT2D eigenvalue weighted by atomic mass is 10.1. The van der Waals surface area contributed by atoms with Gasteiger partial charge in [-0.15, -0.1) is 0 Å². The van der Waals surface area contributed by atoms with E-state index in [0.717, 1.165) is 13.0 Å². The number of nitrogens with one attached hydrogen (secondary N) is 2. The van der Waals surface area contributed by atoms with Crippen molar-refractivity contribution in [3.05, 3.63) is 0 Å². The molecule has 0 unspecified atom stereocenters. The first-order chi connectivity index (χ1) is 7.95. The molecule has 0 saturated carbocycles. The molecule has 0 bridgehead atoms. The van der Waals surface area contributed by atoms with Crippen molar-refractivity contribution < 1.29 is 4.79 Å². The summed E-state index contributed by atoms with van der Waals surface area (Å²) in [6, 6.07) is 0. The molecular weight excluding hydrogens is 212 g/mol. The van der Waals surface area contributed by atoms with Crippen LogP contribution in [-0.4, -0.2) is 24.5 Å². The van der Waals surface area contributed by atoms with Crippen molar-refractivity contribution >= 4 is 5.91 Å². The van der Waals surface area contributed by atoms with E-state index >= 15 is 0 Å². The number of rotatable bonds is 9. The van der Waals surface area contributed by atoms with Gasteiger partial charge >= 0.3 is 0 Å². The molecular formula is C14H30N2O. The molecule has 0 fully saturated rings. The molecule has 0 saturated heterocycles. The Morgan fingerprint density at radius 1 is 1.00 bits per heavy atom. The third-order valence-corrected chi connectivity index (χ3v) is 2.63. The van der Waals surface area contributed by atoms with Crippen LogP contribution in [-0.2, 0) is 4.79 Å². The first kappa shape index (κ1) is 16.4. The summed E-state index contributed by atoms with van der Waals surface area (Å²) in [6.07, 6.45) is 7.58. The van der Waals surface area contributed by atoms with Gasteiger partial charge in [-0.25, -0.2) is 0 Å². The molecule has 3 heteroatoms. The first-order valence-corrected chi connectivity index (χ1v) is 6.97. The molecule has 0 spiro atoms. The maximum absolute atomic E-state index is 11.5. The fourth-order valence-corrected chi connectivity index (χ4v) is 1.54. The van der Waals surface area contributed by atoms with Gasteiger partial charge in [-0.3, -0.25) is 4.79 Å². The van der Waals surface area contributed by atoms with E-state index < -0.39 is 0 Å². The van der Waals surface area contributed by atoms with Gasteiger partial charge in [-0.2, -0.15) is 0 Å². The lowest BCUT2D eigenvalue weighted by Crippen LogP contribution is -2.43. The third kappa shape index (κ3) is 13.4. The first-order valence-electron chi connectivity index (χ1n) is 6.97. The number of hydrogen-bond acceptors (Lipinski definition) is 2. The minimum atomic E-state index is 0.0114. The normalized spacial score (nSPS) is 11.5. The van der Waals surface area contributed by atoms with Crippen LogP contribution >= 0.6 is 0 Å². The van der Waals surface area contributed by atoms with Crippen LogP contribution in [0.5, 0.6) is 0 Å². The summed E-state index contributed by atoms with van der Waals surface area (Å²) in [4.78, 5) is 11.5. The Bertz CT molecular complexity index is 197. The third-order valence-electron chi connectivity index (χ3n) is 2.63. The van der Waals surface area contributed by atoms with Gasteiger partial charge in [0.2, 0.25) is 5.91 Å². The Morgan fingerprint density at radius 3 is 2.18 bits per heavy atom. The minimum absolute atomic E-state index is 0.0114. The van der Waals surface area contributed by atoms with Crippen LogP contribution in [0.4, 0.5) is 0 Å². The van der Waals surface area contributed by atoms with Gasteiger partial charge < -0.3 is 10.6 Å². The van der Waals surface area contributed by atoms with Crippen LogP contribution in [0.25, 0.3) is 0 Å². The highest BCUT2D eigenvalue weighted by Crippen LogP contribution is 2.04. The largest absolute Gasteiger partial charge is 0.355 e. The van der Waals surface area contributed by atoms with Gasteiger partial charge in [0.15, 0.2) is 0 Å². The van der Waals surface area contributed by atoms with Gasteiger partial charge in [-0.05, 0) is 27.2 Å². The van der Waals surface area contributed by atoms with E-state index in [0.29, 0.717) is 6.54 Å². The molecule has 0 aromatic rings. The van der Waals surface area contributed by atoms with Crippen molar-refractivity contribution in [2.45, 2.75) is 71.8 Å². The van der Waals surface area contributed by atoms with E-state index in [-0.39, 0.29) is 11.4 Å². The van der Waals surface area contributed by atoms with Crippen LogP contribution in [0.2, 0.25) is 0 Å². The zero-order valence-electron chi connectivity index (χ0n) is 12.1. The van der Waals surface area contributed by atoms with Crippen molar-refractivity contribution in [3.63, 3.8) is 0 Å². The van der Waals surface area contributed by atoms with Gasteiger partial charge in [0, 0.05) is 12.1 Å². The average molecular weight is 242 g/mol. The fraction of sp³-hybridized carbons (Fsp3) is 0.929. The van der Waals surface area contributed by atoms with E-state index in [1.807, 2.05) is 0 Å². The van der Waals surface area contributed by atoms with Crippen LogP contribution in [0, 0.1) is 0 Å². The second kappa shape index (κ2) is 9.46. The molecule has 3 nitrogen and oxygen atoms in total. The highest BCUT2D eigenvalue weighted by atomic mass is 16.1. The van der Waals surface area contributed by atoms with Gasteiger partial charge in [0.1, 0.15) is 0 Å². The summed E-state index contributed by atoms with van der Waals surface area (Å²) in [5.41, 5.74) is 0.0114. The van der Waals surface area contributed by atoms with Crippen molar-refractivity contribution in [2.24, 2.45) is 0 Å². The quantitative estimate of drug-likeness (QED) is 0.610. The standard InChI is InChI=1S/C14H30N2O/c1-5-6-7-8-9-10-11-15-13(17)12-16-14(2,3)4/h16H,5-12H2,1-4H3,(H,15,17). The molecule has 0 aliphatic heterocycles. The predicted octanol–water partition coefficient (Wildman–Crippen LogP) is 2.85. The Balaban J connectivity index is 3.28. The highest BCUT2D eigenvalue weighted by Gasteiger charge is 2.10. The molecule has 102 valence electrons. The van der Waals surface area contributed by atoms with E-state index in [1.54, 1.807) is 0 Å². The molecule has 2 N–H and O–H groups in total. The van der Waals surface area contributed by atoms with Gasteiger partial charge in [0.25, 0.3) is 0 Å². The summed E-state index contributed by atoms with van der Waals surface area (Å²) in [5, 5.41) is 6.12. The van der Waals surface area contributed by atoms with Crippen molar-refractivity contribution in [1.29, 1.82) is 0 Å². The molecule has 1 amide bonds. The van der Waals surface area contributed by atoms with E-state index in [4.69, 9.17) is 0 Å². The highest BCUT2D eigenvalue weighted by molar-refractivity contribution is 5.78. The van der Waals surface area contributed by atoms with Crippen LogP contribution in [0.1, 0.15) is 66.2 Å². The van der Waals surface area contributed by atoms with Crippen LogP contribution in [0.3, 0.4) is 0 Å². The van der Waals surface area contributed by atoms with Gasteiger partial charge in [0.05, 0.1) is 6.54 Å². The van der Waals surface area contributed by atoms with E-state index in [1.165, 1.54) is 32.1 Å². The number of amides is 1. The average Bonchev–Trinajstić information content (AvgIpc) is 2.24. The molecule has 0 radical (unpaired) electrons. The molecule has 0 aromatic heterocycles. The molecule has 0 heterocycles. The predicted molar refractivity (Wildman–Crippen MR) is 74.1 cm³/mol. The van der Waals surface area contributed by atoms with Gasteiger partial charge in [-0.1, -0.05) is 39.0 Å². The summed E-state index contributed by atoms with van der Waals surface area (Å²) in [5.74, 6) is 0.105. The fourth-order valence-electron chi connectivity index (χ4n) is 1.54. The van der Waals surface area contributed by atoms with Crippen molar-refractivity contribution in [3.8, 4) is 0 Å². The molecule has 0 aliphatic rings.